The van der Waals surface area contributed by atoms with E-state index in [1.165, 1.54) is 36.4 Å². The summed E-state index contributed by atoms with van der Waals surface area (Å²) < 4.78 is 85.9. The molecule has 45 heavy (non-hydrogen) atoms. The number of Topliss-reactive ketones (excluding diaryl/α,β-unsaturated/α-hetero) is 1. The maximum atomic E-state index is 14.5. The van der Waals surface area contributed by atoms with E-state index in [0.29, 0.717) is 52.2 Å². The van der Waals surface area contributed by atoms with Crippen LogP contribution in [0.25, 0.3) is 11.8 Å². The first-order chi connectivity index (χ1) is 21.4. The third-order valence-corrected chi connectivity index (χ3v) is 12.2. The van der Waals surface area contributed by atoms with E-state index >= 15 is 0 Å². The number of hydrogen-bond acceptors (Lipinski definition) is 5. The Hall–Kier alpha value is -3.68. The van der Waals surface area contributed by atoms with Crippen LogP contribution in [-0.4, -0.2) is 47.0 Å². The highest BCUT2D eigenvalue weighted by Crippen LogP contribution is 2.53. The molecule has 2 fully saturated rings. The molecule has 3 aliphatic rings. The zero-order valence-electron chi connectivity index (χ0n) is 23.8. The van der Waals surface area contributed by atoms with Gasteiger partial charge in [-0.3, -0.25) is 4.79 Å². The molecule has 0 bridgehead atoms. The van der Waals surface area contributed by atoms with E-state index in [4.69, 9.17) is 0 Å². The van der Waals surface area contributed by atoms with Gasteiger partial charge in [0.05, 0.1) is 38.9 Å². The normalized spacial score (nSPS) is 22.8. The molecule has 2 saturated carbocycles. The lowest BCUT2D eigenvalue weighted by molar-refractivity contribution is -0.134. The molecule has 234 valence electrons. The summed E-state index contributed by atoms with van der Waals surface area (Å²) in [5.74, 6) is 2.72. The average Bonchev–Trinajstić information content (AvgIpc) is 3.52. The predicted molar refractivity (Wildman–Crippen MR) is 162 cm³/mol. The highest BCUT2D eigenvalue weighted by molar-refractivity contribution is 7.98. The number of rotatable bonds is 7. The second kappa shape index (κ2) is 10.7. The maximum absolute atomic E-state index is 14.5. The van der Waals surface area contributed by atoms with Crippen LogP contribution in [0.15, 0.2) is 71.4 Å². The quantitative estimate of drug-likeness (QED) is 0.120. The molecule has 0 aliphatic heterocycles. The Bertz CT molecular complexity index is 1930. The van der Waals surface area contributed by atoms with Gasteiger partial charge in [-0.25, -0.2) is 27.0 Å². The first-order valence-electron chi connectivity index (χ1n) is 14.4. The summed E-state index contributed by atoms with van der Waals surface area (Å²) in [6.07, 6.45) is 2.36. The number of ketones is 1. The summed E-state index contributed by atoms with van der Waals surface area (Å²) in [6, 6.07) is 10.8. The molecular formula is C32H27F5N4O2S2. The van der Waals surface area contributed by atoms with Gasteiger partial charge in [0, 0.05) is 17.0 Å². The van der Waals surface area contributed by atoms with Crippen LogP contribution in [0.5, 0.6) is 0 Å². The van der Waals surface area contributed by atoms with Crippen LogP contribution < -0.4 is 0 Å². The van der Waals surface area contributed by atoms with Gasteiger partial charge in [0.15, 0.2) is 5.01 Å². The van der Waals surface area contributed by atoms with Crippen LogP contribution in [0.2, 0.25) is 0 Å². The van der Waals surface area contributed by atoms with Crippen molar-refractivity contribution in [3.63, 3.8) is 0 Å². The van der Waals surface area contributed by atoms with E-state index in [2.05, 4.69) is 16.0 Å². The van der Waals surface area contributed by atoms with E-state index in [1.54, 1.807) is 23.0 Å². The minimum atomic E-state index is -4.64. The number of thiazole rings is 1. The van der Waals surface area contributed by atoms with Gasteiger partial charge in [0.2, 0.25) is 5.78 Å². The molecule has 3 atom stereocenters. The number of allylic oxidation sites excluding steroid dienone is 1. The number of carbonyl (C=O) groups excluding carboxylic acids is 1. The van der Waals surface area contributed by atoms with Crippen molar-refractivity contribution in [2.75, 3.05) is 0 Å². The molecule has 2 heterocycles. The molecule has 2 aromatic carbocycles. The van der Waals surface area contributed by atoms with Crippen molar-refractivity contribution in [1.29, 1.82) is 0 Å². The number of carbonyl (C=O) groups is 1. The van der Waals surface area contributed by atoms with E-state index in [0.717, 1.165) is 18.4 Å². The molecule has 0 amide bonds. The minimum Gasteiger partial charge on any atom is -0.290 e. The lowest BCUT2D eigenvalue weighted by Gasteiger charge is -2.47. The zero-order chi connectivity index (χ0) is 31.7. The highest BCUT2D eigenvalue weighted by Gasteiger charge is 2.53. The Morgan fingerprint density at radius 2 is 1.67 bits per heavy atom. The van der Waals surface area contributed by atoms with E-state index in [-0.39, 0.29) is 23.9 Å². The van der Waals surface area contributed by atoms with Crippen LogP contribution in [0.3, 0.4) is 0 Å². The largest absolute Gasteiger partial charge is 0.427 e. The van der Waals surface area contributed by atoms with Gasteiger partial charge in [0.25, 0.3) is 0 Å². The molecule has 0 radical (unpaired) electrons. The predicted octanol–water partition coefficient (Wildman–Crippen LogP) is 7.14. The lowest BCUT2D eigenvalue weighted by Crippen LogP contribution is -2.51. The van der Waals surface area contributed by atoms with E-state index < -0.39 is 49.6 Å². The summed E-state index contributed by atoms with van der Waals surface area (Å²) in [5.41, 5.74) is 1.50. The lowest BCUT2D eigenvalue weighted by atomic mass is 9.61. The molecule has 4 aromatic rings. The SMILES string of the molecule is C=S(=O)(c1ccc(F)cc1)N(C1CC1)[C@H]1CCC2=Cc3c(cnn3-c3ccc(F)cc3)C[C@]2(C(=O)c2ncc(C(F)(F)F)s2)C1. The van der Waals surface area contributed by atoms with Gasteiger partial charge in [-0.1, -0.05) is 5.57 Å². The standard InChI is InChI=1S/C32H27F5N4O2S2/c1-45(43,26-12-5-22(34)6-13-26)41(24-10-11-24)25-7-2-20-14-27-19(17-39-40(27)23-8-3-21(33)4-9-23)15-31(20,16-25)29(42)30-38-18-28(44-30)32(35,36)37/h3-6,8-9,12-14,17-18,24-25H,1-2,7,10-11,15-16H2/t25-,31-,45?/m0/s1. The molecule has 0 saturated heterocycles. The van der Waals surface area contributed by atoms with Gasteiger partial charge in [0.1, 0.15) is 16.5 Å². The van der Waals surface area contributed by atoms with Gasteiger partial charge in [-0.2, -0.15) is 18.3 Å². The fourth-order valence-electron chi connectivity index (χ4n) is 6.68. The number of fused-ring (bicyclic) bond motifs is 2. The number of aromatic nitrogens is 3. The van der Waals surface area contributed by atoms with Crippen molar-refractivity contribution in [2.24, 2.45) is 5.41 Å². The molecule has 7 rings (SSSR count). The van der Waals surface area contributed by atoms with Crippen molar-refractivity contribution < 1.29 is 31.0 Å². The fourth-order valence-corrected chi connectivity index (χ4v) is 9.66. The number of hydrogen-bond donors (Lipinski definition) is 0. The van der Waals surface area contributed by atoms with Crippen molar-refractivity contribution in [3.8, 4) is 5.69 Å². The molecule has 2 aromatic heterocycles. The minimum absolute atomic E-state index is 0.0557. The number of benzene rings is 2. The molecular weight excluding hydrogens is 632 g/mol. The monoisotopic (exact) mass is 658 g/mol. The van der Waals surface area contributed by atoms with Crippen LogP contribution in [-0.2, 0) is 22.3 Å². The van der Waals surface area contributed by atoms with E-state index in [1.807, 2.05) is 10.4 Å². The Morgan fingerprint density at radius 1 is 1.00 bits per heavy atom. The van der Waals surface area contributed by atoms with Crippen molar-refractivity contribution >= 4 is 38.8 Å². The molecule has 0 spiro atoms. The van der Waals surface area contributed by atoms with E-state index in [9.17, 15) is 31.0 Å². The Kier molecular flexibility index (Phi) is 7.13. The number of alkyl halides is 3. The maximum Gasteiger partial charge on any atom is 0.427 e. The Morgan fingerprint density at radius 3 is 2.29 bits per heavy atom. The summed E-state index contributed by atoms with van der Waals surface area (Å²) in [5, 5.41) is 4.27. The zero-order valence-corrected chi connectivity index (χ0v) is 25.4. The van der Waals surface area contributed by atoms with Crippen LogP contribution in [0.4, 0.5) is 22.0 Å². The fraction of sp³-hybridized carbons (Fsp3) is 0.312. The van der Waals surface area contributed by atoms with Gasteiger partial charge < -0.3 is 0 Å². The average molecular weight is 659 g/mol. The number of halogens is 5. The first kappa shape index (κ1) is 30.0. The Balaban J connectivity index is 1.32. The van der Waals surface area contributed by atoms with Crippen molar-refractivity contribution in [2.45, 2.75) is 61.7 Å². The second-order valence-electron chi connectivity index (χ2n) is 11.8. The summed E-state index contributed by atoms with van der Waals surface area (Å²) in [7, 11) is -3.09. The number of nitrogens with zero attached hydrogens (tertiary/aromatic N) is 4. The van der Waals surface area contributed by atoms with Crippen LogP contribution in [0, 0.1) is 17.0 Å². The molecule has 3 aliphatic carbocycles. The van der Waals surface area contributed by atoms with Crippen molar-refractivity contribution in [3.05, 3.63) is 99.3 Å². The van der Waals surface area contributed by atoms with Crippen LogP contribution in [0.1, 0.15) is 58.0 Å². The van der Waals surface area contributed by atoms with Gasteiger partial charge >= 0.3 is 6.18 Å². The topological polar surface area (TPSA) is 68.1 Å². The summed E-state index contributed by atoms with van der Waals surface area (Å²) >= 11 is 0.322. The molecule has 0 N–H and O–H groups in total. The molecule has 1 unspecified atom stereocenters. The van der Waals surface area contributed by atoms with Crippen LogP contribution >= 0.6 is 11.3 Å². The summed E-state index contributed by atoms with van der Waals surface area (Å²) in [4.78, 5) is 17.8. The van der Waals surface area contributed by atoms with Gasteiger partial charge in [-0.15, -0.1) is 11.3 Å². The molecule has 13 heteroatoms. The third-order valence-electron chi connectivity index (χ3n) is 8.91. The second-order valence-corrected chi connectivity index (χ2v) is 15.0. The third kappa shape index (κ3) is 5.24. The highest BCUT2D eigenvalue weighted by atomic mass is 32.2. The summed E-state index contributed by atoms with van der Waals surface area (Å²) in [6.45, 7) is 0. The molecule has 6 nitrogen and oxygen atoms in total. The smallest absolute Gasteiger partial charge is 0.290 e. The van der Waals surface area contributed by atoms with Gasteiger partial charge in [-0.05, 0) is 105 Å². The Labute approximate surface area is 260 Å². The first-order valence-corrected chi connectivity index (χ1v) is 16.9. The van der Waals surface area contributed by atoms with Crippen molar-refractivity contribution in [1.82, 2.24) is 19.1 Å².